The second-order valence-corrected chi connectivity index (χ2v) is 3.54. The fourth-order valence-electron chi connectivity index (χ4n) is 0.845. The molecule has 0 aliphatic heterocycles. The molecule has 1 N–H and O–H groups in total. The zero-order chi connectivity index (χ0) is 7.84. The largest absolute Gasteiger partial charge is 0.261 e. The van der Waals surface area contributed by atoms with Crippen LogP contribution in [-0.2, 0) is 0 Å². The van der Waals surface area contributed by atoms with Crippen LogP contribution in [0.5, 0.6) is 0 Å². The number of hydrogen-bond donors (Lipinski definition) is 1. The molecule has 2 aromatic heterocycles. The van der Waals surface area contributed by atoms with E-state index in [1.165, 1.54) is 0 Å². The van der Waals surface area contributed by atoms with E-state index in [1.807, 2.05) is 0 Å². The molecule has 2 heterocycles. The predicted molar refractivity (Wildman–Crippen MR) is 51.6 cm³/mol. The maximum Gasteiger partial charge on any atom is 0.156 e. The average Bonchev–Trinajstić information content (AvgIpc) is 2.45. The molecule has 5 heteroatoms. The molecule has 0 unspecified atom stereocenters. The zero-order valence-corrected chi connectivity index (χ0v) is 8.22. The lowest BCUT2D eigenvalue weighted by Gasteiger charge is -1.93. The number of pyridine rings is 1. The highest BCUT2D eigenvalue weighted by molar-refractivity contribution is 14.1. The number of aromatic amines is 1. The lowest BCUT2D eigenvalue weighted by Crippen LogP contribution is -1.80. The number of nitrogens with one attached hydrogen (secondary N) is 1. The maximum atomic E-state index is 5.83. The van der Waals surface area contributed by atoms with Crippen molar-refractivity contribution in [3.8, 4) is 0 Å². The Morgan fingerprint density at radius 2 is 2.27 bits per heavy atom. The van der Waals surface area contributed by atoms with Crippen molar-refractivity contribution in [2.45, 2.75) is 0 Å². The van der Waals surface area contributed by atoms with Crippen LogP contribution in [-0.4, -0.2) is 15.2 Å². The van der Waals surface area contributed by atoms with Gasteiger partial charge in [0.05, 0.1) is 16.6 Å². The van der Waals surface area contributed by atoms with E-state index in [0.717, 1.165) is 14.6 Å². The monoisotopic (exact) mass is 279 g/mol. The lowest BCUT2D eigenvalue weighted by molar-refractivity contribution is 1.10. The fraction of sp³-hybridized carbons (Fsp3) is 0. The Kier molecular flexibility index (Phi) is 1.72. The number of rotatable bonds is 0. The van der Waals surface area contributed by atoms with Crippen molar-refractivity contribution in [3.05, 3.63) is 21.0 Å². The third kappa shape index (κ3) is 1.10. The van der Waals surface area contributed by atoms with E-state index in [4.69, 9.17) is 11.6 Å². The molecule has 0 bridgehead atoms. The van der Waals surface area contributed by atoms with Crippen molar-refractivity contribution in [3.63, 3.8) is 0 Å². The Morgan fingerprint density at radius 1 is 1.45 bits per heavy atom. The van der Waals surface area contributed by atoms with Crippen molar-refractivity contribution in [2.24, 2.45) is 0 Å². The highest BCUT2D eigenvalue weighted by Crippen LogP contribution is 2.23. The van der Waals surface area contributed by atoms with Gasteiger partial charge in [-0.25, -0.2) is 4.98 Å². The van der Waals surface area contributed by atoms with Gasteiger partial charge in [0.15, 0.2) is 5.65 Å². The first-order valence-corrected chi connectivity index (χ1v) is 4.38. The lowest BCUT2D eigenvalue weighted by atomic mass is 10.4. The van der Waals surface area contributed by atoms with Crippen LogP contribution in [0.3, 0.4) is 0 Å². The Hall–Kier alpha value is -0.360. The maximum absolute atomic E-state index is 5.83. The summed E-state index contributed by atoms with van der Waals surface area (Å²) in [6, 6.07) is 0. The van der Waals surface area contributed by atoms with E-state index in [2.05, 4.69) is 37.8 Å². The zero-order valence-electron chi connectivity index (χ0n) is 5.31. The molecule has 0 radical (unpaired) electrons. The van der Waals surface area contributed by atoms with E-state index < -0.39 is 0 Å². The average molecular weight is 279 g/mol. The van der Waals surface area contributed by atoms with Crippen LogP contribution in [0.4, 0.5) is 0 Å². The van der Waals surface area contributed by atoms with Crippen molar-refractivity contribution < 1.29 is 0 Å². The standard InChI is InChI=1S/C6H3ClIN3/c7-4-2-9-6-3(5(4)8)1-10-11-6/h1-2H,(H,9,10,11). The van der Waals surface area contributed by atoms with E-state index in [-0.39, 0.29) is 0 Å². The third-order valence-corrected chi connectivity index (χ3v) is 3.14. The summed E-state index contributed by atoms with van der Waals surface area (Å²) in [6.07, 6.45) is 3.33. The minimum atomic E-state index is 0.666. The second kappa shape index (κ2) is 2.60. The number of H-pyrrole nitrogens is 1. The summed E-state index contributed by atoms with van der Waals surface area (Å²) >= 11 is 8.00. The first-order chi connectivity index (χ1) is 5.29. The van der Waals surface area contributed by atoms with Gasteiger partial charge >= 0.3 is 0 Å². The fourth-order valence-corrected chi connectivity index (χ4v) is 1.53. The SMILES string of the molecule is Clc1cnc2[nH]ncc2c1I. The van der Waals surface area contributed by atoms with Gasteiger partial charge in [-0.2, -0.15) is 5.10 Å². The van der Waals surface area contributed by atoms with Crippen LogP contribution in [0.25, 0.3) is 11.0 Å². The summed E-state index contributed by atoms with van der Waals surface area (Å²) in [5.74, 6) is 0. The molecule has 11 heavy (non-hydrogen) atoms. The summed E-state index contributed by atoms with van der Waals surface area (Å²) in [7, 11) is 0. The first-order valence-electron chi connectivity index (χ1n) is 2.92. The quantitative estimate of drug-likeness (QED) is 0.751. The van der Waals surface area contributed by atoms with Crippen LogP contribution in [0.1, 0.15) is 0 Å². The topological polar surface area (TPSA) is 41.6 Å². The number of aromatic nitrogens is 3. The highest BCUT2D eigenvalue weighted by atomic mass is 127. The summed E-state index contributed by atoms with van der Waals surface area (Å²) in [5.41, 5.74) is 0.777. The minimum Gasteiger partial charge on any atom is -0.261 e. The number of hydrogen-bond acceptors (Lipinski definition) is 2. The van der Waals surface area contributed by atoms with E-state index in [1.54, 1.807) is 12.4 Å². The van der Waals surface area contributed by atoms with E-state index in [0.29, 0.717) is 5.02 Å². The first kappa shape index (κ1) is 7.30. The molecule has 56 valence electrons. The van der Waals surface area contributed by atoms with E-state index >= 15 is 0 Å². The molecule has 3 nitrogen and oxygen atoms in total. The third-order valence-electron chi connectivity index (χ3n) is 1.37. The number of nitrogens with zero attached hydrogens (tertiary/aromatic N) is 2. The van der Waals surface area contributed by atoms with Crippen LogP contribution in [0.15, 0.2) is 12.4 Å². The van der Waals surface area contributed by atoms with E-state index in [9.17, 15) is 0 Å². The van der Waals surface area contributed by atoms with Crippen LogP contribution in [0, 0.1) is 3.57 Å². The summed E-state index contributed by atoms with van der Waals surface area (Å²) < 4.78 is 0.989. The van der Waals surface area contributed by atoms with Gasteiger partial charge in [0.1, 0.15) is 0 Å². The minimum absolute atomic E-state index is 0.666. The molecule has 0 saturated heterocycles. The van der Waals surface area contributed by atoms with Gasteiger partial charge in [0, 0.05) is 9.77 Å². The van der Waals surface area contributed by atoms with Crippen LogP contribution < -0.4 is 0 Å². The number of halogens is 2. The van der Waals surface area contributed by atoms with Gasteiger partial charge in [-0.1, -0.05) is 11.6 Å². The molecular formula is C6H3ClIN3. The molecule has 0 atom stereocenters. The van der Waals surface area contributed by atoms with Gasteiger partial charge in [-0.15, -0.1) is 0 Å². The summed E-state index contributed by atoms with van der Waals surface area (Å²) in [6.45, 7) is 0. The molecule has 0 fully saturated rings. The second-order valence-electron chi connectivity index (χ2n) is 2.05. The molecule has 0 amide bonds. The molecule has 0 aliphatic carbocycles. The Morgan fingerprint density at radius 3 is 3.09 bits per heavy atom. The normalized spacial score (nSPS) is 10.7. The van der Waals surface area contributed by atoms with Crippen LogP contribution in [0.2, 0.25) is 5.02 Å². The smallest absolute Gasteiger partial charge is 0.156 e. The van der Waals surface area contributed by atoms with Crippen molar-refractivity contribution in [2.75, 3.05) is 0 Å². The predicted octanol–water partition coefficient (Wildman–Crippen LogP) is 2.22. The van der Waals surface area contributed by atoms with Crippen LogP contribution >= 0.6 is 34.2 Å². The molecule has 2 rings (SSSR count). The van der Waals surface area contributed by atoms with Crippen molar-refractivity contribution in [1.29, 1.82) is 0 Å². The summed E-state index contributed by atoms with van der Waals surface area (Å²) in [4.78, 5) is 4.05. The molecule has 0 saturated carbocycles. The van der Waals surface area contributed by atoms with Gasteiger partial charge < -0.3 is 0 Å². The molecule has 2 aromatic rings. The van der Waals surface area contributed by atoms with Gasteiger partial charge in [-0.3, -0.25) is 5.10 Å². The van der Waals surface area contributed by atoms with Gasteiger partial charge in [-0.05, 0) is 22.6 Å². The molecule has 0 spiro atoms. The highest BCUT2D eigenvalue weighted by Gasteiger charge is 2.04. The Labute approximate surface area is 81.3 Å². The number of fused-ring (bicyclic) bond motifs is 1. The van der Waals surface area contributed by atoms with Gasteiger partial charge in [0.25, 0.3) is 0 Å². The Balaban J connectivity index is 2.93. The van der Waals surface area contributed by atoms with Gasteiger partial charge in [0.2, 0.25) is 0 Å². The van der Waals surface area contributed by atoms with Crippen molar-refractivity contribution >= 4 is 45.2 Å². The van der Waals surface area contributed by atoms with Crippen molar-refractivity contribution in [1.82, 2.24) is 15.2 Å². The molecule has 0 aromatic carbocycles. The molecule has 0 aliphatic rings. The molecular weight excluding hydrogens is 276 g/mol. The summed E-state index contributed by atoms with van der Waals surface area (Å²) in [5, 5.41) is 8.25. The Bertz CT molecular complexity index is 398.